The first-order valence-electron chi connectivity index (χ1n) is 7.22. The molecule has 1 unspecified atom stereocenters. The van der Waals surface area contributed by atoms with Crippen LogP contribution >= 0.6 is 11.3 Å². The highest BCUT2D eigenvalue weighted by Gasteiger charge is 2.25. The summed E-state index contributed by atoms with van der Waals surface area (Å²) in [4.78, 5) is 12.3. The molecule has 1 fully saturated rings. The highest BCUT2D eigenvalue weighted by molar-refractivity contribution is 7.91. The minimum Gasteiger partial charge on any atom is -0.349 e. The van der Waals surface area contributed by atoms with Crippen molar-refractivity contribution >= 4 is 27.3 Å². The van der Waals surface area contributed by atoms with Crippen LogP contribution in [0.5, 0.6) is 0 Å². The second-order valence-corrected chi connectivity index (χ2v) is 8.40. The Morgan fingerprint density at radius 2 is 2.00 bits per heavy atom. The van der Waals surface area contributed by atoms with Gasteiger partial charge in [0.15, 0.2) is 0 Å². The van der Waals surface area contributed by atoms with Gasteiger partial charge in [-0.05, 0) is 38.2 Å². The Balaban J connectivity index is 2.08. The molecule has 21 heavy (non-hydrogen) atoms. The molecule has 1 atom stereocenters. The predicted octanol–water partition coefficient (Wildman–Crippen LogP) is 2.40. The molecule has 7 heteroatoms. The third-order valence-corrected chi connectivity index (χ3v) is 6.90. The Morgan fingerprint density at radius 3 is 2.52 bits per heavy atom. The highest BCUT2D eigenvalue weighted by atomic mass is 32.2. The summed E-state index contributed by atoms with van der Waals surface area (Å²) in [5.41, 5.74) is 0.850. The zero-order valence-corrected chi connectivity index (χ0v) is 14.0. The van der Waals surface area contributed by atoms with E-state index in [1.807, 2.05) is 6.92 Å². The molecule has 2 rings (SSSR count). The monoisotopic (exact) mass is 330 g/mol. The molecule has 1 heterocycles. The molecular formula is C14H22N2O3S2. The van der Waals surface area contributed by atoms with Crippen LogP contribution in [0.2, 0.25) is 0 Å². The van der Waals surface area contributed by atoms with Crippen molar-refractivity contribution in [3.63, 3.8) is 0 Å². The van der Waals surface area contributed by atoms with Gasteiger partial charge < -0.3 is 5.32 Å². The largest absolute Gasteiger partial charge is 0.349 e. The number of rotatable bonds is 4. The van der Waals surface area contributed by atoms with Crippen LogP contribution in [-0.2, 0) is 10.0 Å². The summed E-state index contributed by atoms with van der Waals surface area (Å²) in [7, 11) is -3.76. The Kier molecular flexibility index (Phi) is 5.06. The van der Waals surface area contributed by atoms with Gasteiger partial charge >= 0.3 is 0 Å². The second kappa shape index (κ2) is 6.46. The molecule has 0 aliphatic heterocycles. The van der Waals surface area contributed by atoms with Gasteiger partial charge in [0.05, 0.1) is 5.56 Å². The summed E-state index contributed by atoms with van der Waals surface area (Å²) >= 11 is 1.00. The van der Waals surface area contributed by atoms with Crippen LogP contribution in [0.15, 0.2) is 9.59 Å². The van der Waals surface area contributed by atoms with Gasteiger partial charge in [0.1, 0.15) is 4.21 Å². The molecule has 1 aliphatic carbocycles. The number of nitrogens with two attached hydrogens (primary N) is 1. The second-order valence-electron chi connectivity index (χ2n) is 5.77. The Hall–Kier alpha value is -0.920. The fourth-order valence-corrected chi connectivity index (χ4v) is 4.95. The fourth-order valence-electron chi connectivity index (χ4n) is 2.94. The van der Waals surface area contributed by atoms with Crippen LogP contribution < -0.4 is 10.5 Å². The lowest BCUT2D eigenvalue weighted by Crippen LogP contribution is -2.39. The van der Waals surface area contributed by atoms with Crippen molar-refractivity contribution in [2.75, 3.05) is 0 Å². The lowest BCUT2D eigenvalue weighted by molar-refractivity contribution is 0.0919. The molecular weight excluding hydrogens is 308 g/mol. The van der Waals surface area contributed by atoms with Gasteiger partial charge in [-0.3, -0.25) is 4.79 Å². The number of sulfonamides is 1. The Bertz CT molecular complexity index is 616. The maximum atomic E-state index is 12.3. The van der Waals surface area contributed by atoms with Crippen molar-refractivity contribution in [1.29, 1.82) is 0 Å². The van der Waals surface area contributed by atoms with E-state index in [4.69, 9.17) is 5.14 Å². The van der Waals surface area contributed by atoms with Crippen molar-refractivity contribution in [2.24, 2.45) is 11.1 Å². The molecule has 0 bridgehead atoms. The molecule has 0 radical (unpaired) electrons. The molecule has 118 valence electrons. The first-order valence-corrected chi connectivity index (χ1v) is 9.65. The van der Waals surface area contributed by atoms with E-state index >= 15 is 0 Å². The molecule has 1 amide bonds. The summed E-state index contributed by atoms with van der Waals surface area (Å²) in [6.45, 7) is 3.65. The molecule has 0 saturated heterocycles. The number of amides is 1. The summed E-state index contributed by atoms with van der Waals surface area (Å²) < 4.78 is 22.9. The van der Waals surface area contributed by atoms with Crippen LogP contribution in [0.4, 0.5) is 0 Å². The number of hydrogen-bond acceptors (Lipinski definition) is 4. The average molecular weight is 330 g/mol. The average Bonchev–Trinajstić information content (AvgIpc) is 2.81. The third kappa shape index (κ3) is 3.84. The standard InChI is InChI=1S/C14H22N2O3S2/c1-9-12(8-20-14(9)21(15,18)19)13(17)16-10(2)11-6-4-3-5-7-11/h8,10-11H,3-7H2,1-2H3,(H,16,17)(H2,15,18,19). The lowest BCUT2D eigenvalue weighted by Gasteiger charge is -2.28. The maximum Gasteiger partial charge on any atom is 0.252 e. The van der Waals surface area contributed by atoms with E-state index < -0.39 is 10.0 Å². The summed E-state index contributed by atoms with van der Waals surface area (Å²) in [6.07, 6.45) is 6.01. The summed E-state index contributed by atoms with van der Waals surface area (Å²) in [5, 5.41) is 9.71. The number of thiophene rings is 1. The third-order valence-electron chi connectivity index (χ3n) is 4.21. The van der Waals surface area contributed by atoms with Gasteiger partial charge in [0.25, 0.3) is 5.91 Å². The van der Waals surface area contributed by atoms with E-state index in [1.165, 1.54) is 19.3 Å². The zero-order valence-electron chi connectivity index (χ0n) is 12.4. The van der Waals surface area contributed by atoms with Crippen LogP contribution in [0, 0.1) is 12.8 Å². The van der Waals surface area contributed by atoms with Crippen LogP contribution in [0.25, 0.3) is 0 Å². The Labute approximate surface area is 130 Å². The first-order chi connectivity index (χ1) is 9.80. The summed E-state index contributed by atoms with van der Waals surface area (Å²) in [5.74, 6) is 0.302. The van der Waals surface area contributed by atoms with Gasteiger partial charge in [0, 0.05) is 11.4 Å². The van der Waals surface area contributed by atoms with E-state index in [-0.39, 0.29) is 16.2 Å². The number of carbonyl (C=O) groups excluding carboxylic acids is 1. The minimum atomic E-state index is -3.76. The number of nitrogens with one attached hydrogen (secondary N) is 1. The Morgan fingerprint density at radius 1 is 1.38 bits per heavy atom. The van der Waals surface area contributed by atoms with Gasteiger partial charge in [-0.1, -0.05) is 19.3 Å². The van der Waals surface area contributed by atoms with E-state index in [1.54, 1.807) is 12.3 Å². The van der Waals surface area contributed by atoms with Crippen LogP contribution in [0.3, 0.4) is 0 Å². The minimum absolute atomic E-state index is 0.0676. The smallest absolute Gasteiger partial charge is 0.252 e. The molecule has 1 aromatic heterocycles. The van der Waals surface area contributed by atoms with Gasteiger partial charge in [-0.2, -0.15) is 0 Å². The zero-order chi connectivity index (χ0) is 15.6. The van der Waals surface area contributed by atoms with Gasteiger partial charge in [-0.15, -0.1) is 11.3 Å². The van der Waals surface area contributed by atoms with E-state index in [9.17, 15) is 13.2 Å². The maximum absolute atomic E-state index is 12.3. The quantitative estimate of drug-likeness (QED) is 0.888. The number of hydrogen-bond donors (Lipinski definition) is 2. The van der Waals surface area contributed by atoms with Crippen molar-refractivity contribution in [3.8, 4) is 0 Å². The molecule has 5 nitrogen and oxygen atoms in total. The van der Waals surface area contributed by atoms with Crippen molar-refractivity contribution in [2.45, 2.75) is 56.2 Å². The highest BCUT2D eigenvalue weighted by Crippen LogP contribution is 2.28. The summed E-state index contributed by atoms with van der Waals surface area (Å²) in [6, 6.07) is 0.107. The lowest BCUT2D eigenvalue weighted by atomic mass is 9.84. The van der Waals surface area contributed by atoms with Crippen LogP contribution in [-0.4, -0.2) is 20.4 Å². The fraction of sp³-hybridized carbons (Fsp3) is 0.643. The first kappa shape index (κ1) is 16.5. The van der Waals surface area contributed by atoms with Crippen LogP contribution in [0.1, 0.15) is 54.9 Å². The number of primary sulfonamides is 1. The van der Waals surface area contributed by atoms with Crippen molar-refractivity contribution in [1.82, 2.24) is 5.32 Å². The van der Waals surface area contributed by atoms with Gasteiger partial charge in [-0.25, -0.2) is 13.6 Å². The van der Waals surface area contributed by atoms with Crippen molar-refractivity contribution < 1.29 is 13.2 Å². The molecule has 1 aromatic rings. The number of carbonyl (C=O) groups is 1. The molecule has 1 saturated carbocycles. The molecule has 0 spiro atoms. The normalized spacial score (nSPS) is 18.4. The topological polar surface area (TPSA) is 89.3 Å². The van der Waals surface area contributed by atoms with Crippen molar-refractivity contribution in [3.05, 3.63) is 16.5 Å². The van der Waals surface area contributed by atoms with Gasteiger partial charge in [0.2, 0.25) is 10.0 Å². The molecule has 1 aliphatic rings. The van der Waals surface area contributed by atoms with E-state index in [2.05, 4.69) is 5.32 Å². The SMILES string of the molecule is Cc1c(C(=O)NC(C)C2CCCCC2)csc1S(N)(=O)=O. The molecule has 0 aromatic carbocycles. The molecule has 3 N–H and O–H groups in total. The predicted molar refractivity (Wildman–Crippen MR) is 83.9 cm³/mol. The van der Waals surface area contributed by atoms with E-state index in [0.717, 1.165) is 24.2 Å². The van der Waals surface area contributed by atoms with E-state index in [0.29, 0.717) is 17.0 Å².